The topological polar surface area (TPSA) is 55.5 Å². The summed E-state index contributed by atoms with van der Waals surface area (Å²) in [6.45, 7) is 9.80. The molecule has 0 heterocycles. The van der Waals surface area contributed by atoms with E-state index in [4.69, 9.17) is 10.5 Å². The van der Waals surface area contributed by atoms with Gasteiger partial charge in [-0.25, -0.2) is 0 Å². The summed E-state index contributed by atoms with van der Waals surface area (Å²) in [5.41, 5.74) is 3.70. The van der Waals surface area contributed by atoms with Gasteiger partial charge in [0.05, 0.1) is 11.2 Å². The van der Waals surface area contributed by atoms with Crippen molar-refractivity contribution in [1.29, 1.82) is 0 Å². The average molecular weight is 189 g/mol. The second kappa shape index (κ2) is 3.56. The van der Waals surface area contributed by atoms with Gasteiger partial charge in [0.25, 0.3) is 0 Å². The molecule has 1 atom stereocenters. The van der Waals surface area contributed by atoms with Gasteiger partial charge in [0.15, 0.2) is 0 Å². The minimum Gasteiger partial charge on any atom is -0.387 e. The highest BCUT2D eigenvalue weighted by Crippen LogP contribution is 2.39. The molecule has 0 aliphatic carbocycles. The summed E-state index contributed by atoms with van der Waals surface area (Å²) in [6.07, 6.45) is 0. The number of rotatable bonds is 4. The van der Waals surface area contributed by atoms with Crippen molar-refractivity contribution < 1.29 is 9.84 Å². The quantitative estimate of drug-likeness (QED) is 0.697. The van der Waals surface area contributed by atoms with Gasteiger partial charge >= 0.3 is 0 Å². The van der Waals surface area contributed by atoms with E-state index in [0.29, 0.717) is 6.54 Å². The lowest BCUT2D eigenvalue weighted by atomic mass is 9.67. The molecule has 0 rings (SSSR count). The molecule has 80 valence electrons. The molecule has 0 radical (unpaired) electrons. The fourth-order valence-corrected chi connectivity index (χ4v) is 1.21. The number of aliphatic hydroxyl groups is 1. The molecular formula is C10H23NO2. The van der Waals surface area contributed by atoms with Gasteiger partial charge in [-0.15, -0.1) is 0 Å². The third-order valence-electron chi connectivity index (χ3n) is 3.51. The Labute approximate surface area is 81.3 Å². The molecule has 0 saturated heterocycles. The largest absolute Gasteiger partial charge is 0.387 e. The Kier molecular flexibility index (Phi) is 3.53. The van der Waals surface area contributed by atoms with Crippen LogP contribution in [-0.4, -0.2) is 30.0 Å². The van der Waals surface area contributed by atoms with E-state index in [-0.39, 0.29) is 5.41 Å². The number of ether oxygens (including phenoxy) is 1. The molecule has 0 fully saturated rings. The summed E-state index contributed by atoms with van der Waals surface area (Å²) >= 11 is 0. The predicted octanol–water partition coefficient (Wildman–Crippen LogP) is 1.15. The molecule has 0 amide bonds. The van der Waals surface area contributed by atoms with Crippen LogP contribution in [0.15, 0.2) is 0 Å². The van der Waals surface area contributed by atoms with E-state index >= 15 is 0 Å². The Balaban J connectivity index is 4.95. The highest BCUT2D eigenvalue weighted by atomic mass is 16.5. The highest BCUT2D eigenvalue weighted by molar-refractivity contribution is 5.01. The maximum absolute atomic E-state index is 10.4. The summed E-state index contributed by atoms with van der Waals surface area (Å²) in [6, 6.07) is 0. The maximum Gasteiger partial charge on any atom is 0.0965 e. The van der Waals surface area contributed by atoms with Crippen molar-refractivity contribution >= 4 is 0 Å². The van der Waals surface area contributed by atoms with Crippen molar-refractivity contribution in [1.82, 2.24) is 0 Å². The maximum atomic E-state index is 10.4. The Morgan fingerprint density at radius 2 is 1.54 bits per heavy atom. The second-order valence-corrected chi connectivity index (χ2v) is 4.87. The van der Waals surface area contributed by atoms with E-state index in [1.807, 2.05) is 27.7 Å². The van der Waals surface area contributed by atoms with Crippen molar-refractivity contribution in [3.8, 4) is 0 Å². The van der Waals surface area contributed by atoms with Gasteiger partial charge in [-0.2, -0.15) is 0 Å². The monoisotopic (exact) mass is 189 g/mol. The number of hydrogen-bond acceptors (Lipinski definition) is 3. The van der Waals surface area contributed by atoms with Crippen LogP contribution in [0.2, 0.25) is 0 Å². The van der Waals surface area contributed by atoms with Crippen molar-refractivity contribution in [3.05, 3.63) is 0 Å². The van der Waals surface area contributed by atoms with Crippen LogP contribution in [0, 0.1) is 5.41 Å². The summed E-state index contributed by atoms with van der Waals surface area (Å²) in [5, 5.41) is 10.4. The Hall–Kier alpha value is -0.120. The lowest BCUT2D eigenvalue weighted by molar-refractivity contribution is -0.191. The third-order valence-corrected chi connectivity index (χ3v) is 3.51. The zero-order valence-electron chi connectivity index (χ0n) is 9.64. The molecule has 0 spiro atoms. The van der Waals surface area contributed by atoms with Crippen LogP contribution >= 0.6 is 0 Å². The predicted molar refractivity (Wildman–Crippen MR) is 54.5 cm³/mol. The van der Waals surface area contributed by atoms with Crippen LogP contribution in [0.5, 0.6) is 0 Å². The van der Waals surface area contributed by atoms with E-state index in [0.717, 1.165) is 0 Å². The lowest BCUT2D eigenvalue weighted by Crippen LogP contribution is -2.60. The molecule has 0 bridgehead atoms. The molecule has 0 saturated carbocycles. The van der Waals surface area contributed by atoms with Crippen LogP contribution in [0.1, 0.15) is 34.6 Å². The number of methoxy groups -OCH3 is 1. The van der Waals surface area contributed by atoms with Crippen LogP contribution < -0.4 is 5.73 Å². The standard InChI is InChI=1S/C10H23NO2/c1-8(2,7-11)10(5,12)9(3,4)13-6/h12H,7,11H2,1-6H3. The Morgan fingerprint density at radius 3 is 1.77 bits per heavy atom. The van der Waals surface area contributed by atoms with E-state index in [9.17, 15) is 5.11 Å². The van der Waals surface area contributed by atoms with Gasteiger partial charge in [0.2, 0.25) is 0 Å². The normalized spacial score (nSPS) is 18.5. The molecule has 3 N–H and O–H groups in total. The molecule has 0 aliphatic rings. The summed E-state index contributed by atoms with van der Waals surface area (Å²) < 4.78 is 5.29. The molecular weight excluding hydrogens is 166 g/mol. The third kappa shape index (κ3) is 2.03. The van der Waals surface area contributed by atoms with Gasteiger partial charge in [-0.3, -0.25) is 0 Å². The Bertz CT molecular complexity index is 156. The van der Waals surface area contributed by atoms with Crippen molar-refractivity contribution in [3.63, 3.8) is 0 Å². The van der Waals surface area contributed by atoms with Crippen LogP contribution in [-0.2, 0) is 4.74 Å². The van der Waals surface area contributed by atoms with Crippen LogP contribution in [0.3, 0.4) is 0 Å². The van der Waals surface area contributed by atoms with E-state index in [1.54, 1.807) is 14.0 Å². The smallest absolute Gasteiger partial charge is 0.0965 e. The van der Waals surface area contributed by atoms with Gasteiger partial charge in [-0.1, -0.05) is 13.8 Å². The van der Waals surface area contributed by atoms with Crippen molar-refractivity contribution in [2.45, 2.75) is 45.8 Å². The first kappa shape index (κ1) is 12.9. The zero-order valence-corrected chi connectivity index (χ0v) is 9.64. The molecule has 13 heavy (non-hydrogen) atoms. The van der Waals surface area contributed by atoms with Crippen molar-refractivity contribution in [2.24, 2.45) is 11.1 Å². The molecule has 1 unspecified atom stereocenters. The average Bonchev–Trinajstić information content (AvgIpc) is 2.03. The van der Waals surface area contributed by atoms with E-state index < -0.39 is 11.2 Å². The first-order chi connectivity index (χ1) is 5.62. The SMILES string of the molecule is COC(C)(C)C(C)(O)C(C)(C)CN. The minimum absolute atomic E-state index is 0.369. The minimum atomic E-state index is -0.955. The zero-order chi connectivity index (χ0) is 10.9. The number of nitrogens with two attached hydrogens (primary N) is 1. The van der Waals surface area contributed by atoms with Gasteiger partial charge in [0.1, 0.15) is 0 Å². The molecule has 3 nitrogen and oxygen atoms in total. The van der Waals surface area contributed by atoms with Gasteiger partial charge in [0, 0.05) is 19.1 Å². The second-order valence-electron chi connectivity index (χ2n) is 4.87. The van der Waals surface area contributed by atoms with E-state index in [2.05, 4.69) is 0 Å². The molecule has 3 heteroatoms. The first-order valence-corrected chi connectivity index (χ1v) is 4.60. The first-order valence-electron chi connectivity index (χ1n) is 4.60. The Morgan fingerprint density at radius 1 is 1.15 bits per heavy atom. The summed E-state index contributed by atoms with van der Waals surface area (Å²) in [5.74, 6) is 0. The fourth-order valence-electron chi connectivity index (χ4n) is 1.21. The van der Waals surface area contributed by atoms with Gasteiger partial charge < -0.3 is 15.6 Å². The highest BCUT2D eigenvalue weighted by Gasteiger charge is 2.50. The molecule has 0 aromatic rings. The lowest BCUT2D eigenvalue weighted by Gasteiger charge is -2.48. The summed E-state index contributed by atoms with van der Waals surface area (Å²) in [4.78, 5) is 0. The molecule has 0 aliphatic heterocycles. The summed E-state index contributed by atoms with van der Waals surface area (Å²) in [7, 11) is 1.60. The van der Waals surface area contributed by atoms with Crippen LogP contribution in [0.25, 0.3) is 0 Å². The molecule has 0 aromatic heterocycles. The van der Waals surface area contributed by atoms with Gasteiger partial charge in [-0.05, 0) is 20.8 Å². The van der Waals surface area contributed by atoms with Crippen molar-refractivity contribution in [2.75, 3.05) is 13.7 Å². The molecule has 0 aromatic carbocycles. The van der Waals surface area contributed by atoms with Crippen LogP contribution in [0.4, 0.5) is 0 Å². The number of hydrogen-bond donors (Lipinski definition) is 2. The fraction of sp³-hybridized carbons (Fsp3) is 1.00. The van der Waals surface area contributed by atoms with E-state index in [1.165, 1.54) is 0 Å².